The summed E-state index contributed by atoms with van der Waals surface area (Å²) in [5.41, 5.74) is 15.3. The third-order valence-electron chi connectivity index (χ3n) is 2.89. The standard InChI is InChI=1S/3C3H8.3C2H4N8.2C2H4O2.BF3.2BrH.F6P.FH.3HI.3Os/c3*1-3-2;3*1-3-5-7-9(1)10-2-4-6-8-10;2*1-2(3)4;2-1(3)4;;;1-7(2,3,4,5)6;;;;;;;/h3*3H2,1-2H3;3*1-2H,(H,3,7)(H,4,8);2*1H3,(H,3,4);;2*1H;;4*1H;;;/q;;;3*-2;;;;;;-1;;;;;3*+2/p-6. The van der Waals surface area contributed by atoms with Gasteiger partial charge in [0, 0.05) is 13.8 Å². The minimum Gasteiger partial charge on any atom is 2.00 e. The first-order chi connectivity index (χ1) is 29.6. The van der Waals surface area contributed by atoms with Gasteiger partial charge in [-0.1, -0.05) is 92.1 Å². The molecule has 6 heterocycles. The van der Waals surface area contributed by atoms with Crippen molar-refractivity contribution in [3.05, 3.63) is 40.0 Å². The topological polar surface area (TPSA) is 315 Å². The van der Waals surface area contributed by atoms with E-state index in [9.17, 15) is 38.1 Å². The Balaban J connectivity index is -0.0000000810. The van der Waals surface area contributed by atoms with Crippen LogP contribution in [0.15, 0.2) is 62.0 Å². The van der Waals surface area contributed by atoms with Crippen LogP contribution in [0.3, 0.4) is 0 Å². The van der Waals surface area contributed by atoms with Crippen LogP contribution in [0.2, 0.25) is 0 Å². The second-order valence-electron chi connectivity index (χ2n) is 9.12. The van der Waals surface area contributed by atoms with Crippen molar-refractivity contribution in [2.75, 3.05) is 0 Å². The molecule has 6 rings (SSSR count). The molecule has 0 amide bonds. The summed E-state index contributed by atoms with van der Waals surface area (Å²) in [5.74, 6) is -1.67. The van der Waals surface area contributed by atoms with Crippen molar-refractivity contribution in [1.82, 2.24) is 63.9 Å². The monoisotopic (exact) mass is 2020 g/mol. The number of hydrazine groups is 9. The SMILES string of the molecule is CC(=O)O.CC(=O)O.CCC.CCC.CCC.FB(F)F.F[P-](F)(F)(F)(F)F.[Br][Os][Br].[CH-]1N=NNN1N1[CH-]N=NN1.[CH-]1N=NNN1N1[CH-]N=NN1.[CH-]1N=NNN1N1[CH-]N=NN1.[F-].[I-].[I][Os][I].[Os+2]. The Morgan fingerprint density at radius 3 is 0.672 bits per heavy atom. The van der Waals surface area contributed by atoms with E-state index in [1.54, 1.807) is 0 Å². The minimum absolute atomic E-state index is 0. The fourth-order valence-electron chi connectivity index (χ4n) is 1.66. The molecule has 0 bridgehead atoms. The molecule has 0 unspecified atom stereocenters. The first-order valence-corrected chi connectivity index (χ1v) is 43.4. The van der Waals surface area contributed by atoms with Gasteiger partial charge in [0.2, 0.25) is 0 Å². The molecule has 408 valence electrons. The van der Waals surface area contributed by atoms with E-state index in [4.69, 9.17) is 19.8 Å². The molecule has 0 fully saturated rings. The van der Waals surface area contributed by atoms with Crippen LogP contribution in [0.4, 0.5) is 38.1 Å². The van der Waals surface area contributed by atoms with Crippen molar-refractivity contribution in [3.8, 4) is 0 Å². The molecule has 0 aromatic carbocycles. The van der Waals surface area contributed by atoms with Crippen molar-refractivity contribution in [1.29, 1.82) is 0 Å². The van der Waals surface area contributed by atoms with Crippen molar-refractivity contribution >= 4 is 93.8 Å². The fourth-order valence-corrected chi connectivity index (χ4v) is 1.66. The molecule has 0 aliphatic carbocycles. The third-order valence-corrected chi connectivity index (χ3v) is 2.89. The second kappa shape index (κ2) is 54.5. The summed E-state index contributed by atoms with van der Waals surface area (Å²) in [6.45, 7) is 23.7. The van der Waals surface area contributed by atoms with Crippen LogP contribution in [0, 0.1) is 40.0 Å². The first kappa shape index (κ1) is 86.0. The molecule has 0 spiro atoms. The minimum atomic E-state index is -10.7. The predicted octanol–water partition coefficient (Wildman–Crippen LogP) is 4.70. The molecule has 0 saturated carbocycles. The molecule has 48 heteroatoms. The van der Waals surface area contributed by atoms with Gasteiger partial charge < -0.3 is 69.6 Å². The van der Waals surface area contributed by atoms with E-state index in [2.05, 4.69) is 203 Å². The molecule has 8 N–H and O–H groups in total. The number of carboxylic acid groups (broad SMARTS) is 2. The number of carboxylic acids is 2. The molecule has 0 radical (unpaired) electrons. The van der Waals surface area contributed by atoms with Gasteiger partial charge in [-0.3, -0.25) is 53.2 Å². The molecule has 67 heavy (non-hydrogen) atoms. The van der Waals surface area contributed by atoms with E-state index in [1.807, 2.05) is 0 Å². The van der Waals surface area contributed by atoms with Gasteiger partial charge in [-0.05, 0) is 0 Å². The van der Waals surface area contributed by atoms with Gasteiger partial charge in [-0.25, -0.2) is 33.2 Å². The Morgan fingerprint density at radius 1 is 0.552 bits per heavy atom. The normalized spacial score (nSPS) is 15.6. The number of rotatable bonds is 3. The molecule has 0 aromatic heterocycles. The Bertz CT molecular complexity index is 1080. The summed E-state index contributed by atoms with van der Waals surface area (Å²) in [7, 11) is -14.0. The van der Waals surface area contributed by atoms with Crippen molar-refractivity contribution in [2.24, 2.45) is 62.0 Å². The average molecular weight is 2020 g/mol. The number of carbonyl (C=O) groups is 2. The quantitative estimate of drug-likeness (QED) is 0.0624. The van der Waals surface area contributed by atoms with E-state index in [-0.39, 0.29) is 61.9 Å². The number of nitrogens with zero attached hydrogens (tertiary/aromatic N) is 18. The maximum atomic E-state index is 9.87. The van der Waals surface area contributed by atoms with Crippen LogP contribution in [0.1, 0.15) is 74.7 Å². The Morgan fingerprint density at radius 2 is 0.627 bits per heavy atom. The van der Waals surface area contributed by atoms with E-state index >= 15 is 0 Å². The van der Waals surface area contributed by atoms with Gasteiger partial charge in [-0.15, -0.1) is 0 Å². The zero-order valence-corrected chi connectivity index (χ0v) is 53.3. The van der Waals surface area contributed by atoms with E-state index in [1.165, 1.54) is 90.0 Å². The van der Waals surface area contributed by atoms with Crippen LogP contribution in [0.5, 0.6) is 0 Å². The summed E-state index contributed by atoms with van der Waals surface area (Å²) in [6, 6.07) is 0. The molecule has 28 nitrogen and oxygen atoms in total. The van der Waals surface area contributed by atoms with Gasteiger partial charge in [0.15, 0.2) is 0 Å². The summed E-state index contributed by atoms with van der Waals surface area (Å²) in [6.07, 6.45) is 3.75. The van der Waals surface area contributed by atoms with Gasteiger partial charge in [0.1, 0.15) is 0 Å². The Kier molecular flexibility index (Phi) is 70.0. The maximum absolute atomic E-state index is 10.7. The number of halogens is 15. The van der Waals surface area contributed by atoms with Crippen LogP contribution in [-0.2, 0) is 53.1 Å². The molecule has 0 aromatic rings. The fraction of sp³-hybridized carbons (Fsp3) is 0.579. The zero-order chi connectivity index (χ0) is 51.1. The molecule has 0 atom stereocenters. The molecule has 6 aliphatic heterocycles. The van der Waals surface area contributed by atoms with E-state index in [0.717, 1.165) is 13.8 Å². The first-order valence-electron chi connectivity index (χ1n) is 15.9. The van der Waals surface area contributed by atoms with Gasteiger partial charge in [0.05, 0.1) is 0 Å². The molecule has 0 saturated heterocycles. The summed E-state index contributed by atoms with van der Waals surface area (Å²) in [4.78, 5) is 18.0. The van der Waals surface area contributed by atoms with Gasteiger partial charge in [0.25, 0.3) is 11.9 Å². The number of aliphatic carboxylic acids is 2. The maximum Gasteiger partial charge on any atom is 2.00 e. The largest absolute Gasteiger partial charge is 2.00 e. The summed E-state index contributed by atoms with van der Waals surface area (Å²) < 4.78 is 88.2. The zero-order valence-electron chi connectivity index (χ0n) is 35.1. The van der Waals surface area contributed by atoms with Crippen LogP contribution in [0.25, 0.3) is 0 Å². The molecule has 6 aliphatic rings. The van der Waals surface area contributed by atoms with Crippen molar-refractivity contribution < 1.29 is 130 Å². The van der Waals surface area contributed by atoms with Gasteiger partial charge >= 0.3 is 151 Å². The summed E-state index contributed by atoms with van der Waals surface area (Å²) in [5, 5.41) is 65.7. The average Bonchev–Trinajstić information content (AvgIpc) is 4.01. The molecular weight excluding hydrogens is 1970 g/mol. The second-order valence-corrected chi connectivity index (χ2v) is 40.7. The van der Waals surface area contributed by atoms with Crippen LogP contribution >= 0.6 is 74.3 Å². The predicted molar refractivity (Wildman–Crippen MR) is 228 cm³/mol. The smallest absolute Gasteiger partial charge is 2.00 e. The van der Waals surface area contributed by atoms with Gasteiger partial charge in [-0.2, -0.15) is 40.0 Å². The molecular formula is C19H44BBr2F10I3N24O4Os3P-7. The third kappa shape index (κ3) is 92.0. The number of hydrogen-bond acceptors (Lipinski definition) is 26. The van der Waals surface area contributed by atoms with Crippen molar-refractivity contribution in [2.45, 2.75) is 74.7 Å². The van der Waals surface area contributed by atoms with E-state index in [0.29, 0.717) is 10.3 Å². The Labute approximate surface area is 459 Å². The van der Waals surface area contributed by atoms with Crippen LogP contribution < -0.4 is 61.9 Å². The number of hydrogen-bond donors (Lipinski definition) is 8. The van der Waals surface area contributed by atoms with Crippen LogP contribution in [-0.4, -0.2) is 60.4 Å². The number of nitrogens with one attached hydrogen (secondary N) is 6. The van der Waals surface area contributed by atoms with E-state index < -0.39 is 27.3 Å². The Hall–Kier alpha value is -0.826. The van der Waals surface area contributed by atoms with Crippen molar-refractivity contribution in [3.63, 3.8) is 0 Å². The summed E-state index contributed by atoms with van der Waals surface area (Å²) >= 11 is 11.3.